The molecule has 4 aromatic heterocycles. The molecule has 0 N–H and O–H groups in total. The minimum absolute atomic E-state index is 0.239. The minimum atomic E-state index is -0.412. The van der Waals surface area contributed by atoms with Gasteiger partial charge in [-0.05, 0) is 41.8 Å². The number of aryl methyl sites for hydroxylation is 1. The lowest BCUT2D eigenvalue weighted by Gasteiger charge is -2.08. The molecular weight excluding hydrogens is 373 g/mol. The van der Waals surface area contributed by atoms with Crippen molar-refractivity contribution in [2.45, 2.75) is 30.1 Å². The van der Waals surface area contributed by atoms with Crippen molar-refractivity contribution < 1.29 is 8.81 Å². The summed E-state index contributed by atoms with van der Waals surface area (Å²) in [6, 6.07) is 7.64. The summed E-state index contributed by atoms with van der Waals surface area (Å²) in [6.45, 7) is 2.30. The average molecular weight is 387 g/mol. The topological polar surface area (TPSA) is 69.6 Å². The Bertz CT molecular complexity index is 999. The van der Waals surface area contributed by atoms with Gasteiger partial charge in [0.25, 0.3) is 0 Å². The van der Waals surface area contributed by atoms with E-state index < -0.39 is 5.82 Å². The molecule has 26 heavy (non-hydrogen) atoms. The molecule has 0 aliphatic carbocycles. The number of nitrogens with zero attached hydrogens (tertiary/aromatic N) is 5. The lowest BCUT2D eigenvalue weighted by Crippen LogP contribution is -2.04. The molecule has 4 heterocycles. The maximum Gasteiger partial charge on any atom is 0.198 e. The van der Waals surface area contributed by atoms with Gasteiger partial charge in [-0.2, -0.15) is 0 Å². The van der Waals surface area contributed by atoms with Crippen LogP contribution in [-0.2, 0) is 13.0 Å². The summed E-state index contributed by atoms with van der Waals surface area (Å²) < 4.78 is 21.9. The summed E-state index contributed by atoms with van der Waals surface area (Å²) in [6.07, 6.45) is 3.49. The second-order valence-electron chi connectivity index (χ2n) is 5.34. The van der Waals surface area contributed by atoms with Gasteiger partial charge in [-0.25, -0.2) is 14.4 Å². The van der Waals surface area contributed by atoms with Crippen LogP contribution in [-0.4, -0.2) is 24.7 Å². The molecule has 4 rings (SSSR count). The zero-order valence-electron chi connectivity index (χ0n) is 13.8. The molecule has 4 aromatic rings. The van der Waals surface area contributed by atoms with Crippen LogP contribution in [0.2, 0.25) is 0 Å². The molecule has 0 spiro atoms. The van der Waals surface area contributed by atoms with E-state index in [1.807, 2.05) is 41.1 Å². The van der Waals surface area contributed by atoms with E-state index in [4.69, 9.17) is 4.42 Å². The summed E-state index contributed by atoms with van der Waals surface area (Å²) in [7, 11) is 0. The Kier molecular flexibility index (Phi) is 4.81. The van der Waals surface area contributed by atoms with Gasteiger partial charge >= 0.3 is 0 Å². The first-order valence-electron chi connectivity index (χ1n) is 7.93. The van der Waals surface area contributed by atoms with Crippen molar-refractivity contribution in [3.05, 3.63) is 59.5 Å². The highest BCUT2D eigenvalue weighted by atomic mass is 32.2. The van der Waals surface area contributed by atoms with Gasteiger partial charge in [0.1, 0.15) is 17.1 Å². The minimum Gasteiger partial charge on any atom is -0.467 e. The number of furan rings is 1. The van der Waals surface area contributed by atoms with Crippen molar-refractivity contribution in [2.75, 3.05) is 0 Å². The third-order valence-electron chi connectivity index (χ3n) is 3.70. The number of rotatable bonds is 6. The number of aromatic nitrogens is 5. The van der Waals surface area contributed by atoms with Crippen molar-refractivity contribution in [2.24, 2.45) is 0 Å². The molecular formula is C17H14FN5OS2. The van der Waals surface area contributed by atoms with E-state index in [0.29, 0.717) is 29.6 Å². The molecule has 0 atom stereocenters. The van der Waals surface area contributed by atoms with E-state index in [1.54, 1.807) is 17.6 Å². The smallest absolute Gasteiger partial charge is 0.198 e. The second kappa shape index (κ2) is 7.38. The molecule has 0 aromatic carbocycles. The van der Waals surface area contributed by atoms with E-state index >= 15 is 0 Å². The monoisotopic (exact) mass is 387 g/mol. The third-order valence-corrected chi connectivity index (χ3v) is 5.53. The summed E-state index contributed by atoms with van der Waals surface area (Å²) in [5.74, 6) is 1.07. The van der Waals surface area contributed by atoms with Crippen LogP contribution in [0.25, 0.3) is 10.7 Å². The molecule has 0 aliphatic heterocycles. The number of halogens is 1. The maximum absolute atomic E-state index is 14.5. The SMILES string of the molecule is CCc1ncnc(Sc2nnc(-c3cccs3)n2Cc2ccco2)c1F. The van der Waals surface area contributed by atoms with E-state index in [2.05, 4.69) is 20.2 Å². The first-order chi connectivity index (χ1) is 12.8. The molecule has 0 unspecified atom stereocenters. The molecule has 0 aliphatic rings. The van der Waals surface area contributed by atoms with E-state index in [9.17, 15) is 4.39 Å². The summed E-state index contributed by atoms with van der Waals surface area (Å²) >= 11 is 2.71. The predicted molar refractivity (Wildman–Crippen MR) is 96.6 cm³/mol. The van der Waals surface area contributed by atoms with Gasteiger partial charge in [0, 0.05) is 0 Å². The predicted octanol–water partition coefficient (Wildman–Crippen LogP) is 4.29. The Hall–Kier alpha value is -2.52. The van der Waals surface area contributed by atoms with Gasteiger partial charge in [0.2, 0.25) is 0 Å². The maximum atomic E-state index is 14.5. The van der Waals surface area contributed by atoms with Gasteiger partial charge in [-0.3, -0.25) is 4.57 Å². The van der Waals surface area contributed by atoms with Crippen LogP contribution in [0.4, 0.5) is 4.39 Å². The molecule has 132 valence electrons. The van der Waals surface area contributed by atoms with Crippen LogP contribution in [0, 0.1) is 5.82 Å². The summed E-state index contributed by atoms with van der Waals surface area (Å²) in [5.41, 5.74) is 0.387. The molecule has 0 bridgehead atoms. The van der Waals surface area contributed by atoms with Crippen LogP contribution in [0.15, 0.2) is 56.8 Å². The van der Waals surface area contributed by atoms with Crippen LogP contribution < -0.4 is 0 Å². The van der Waals surface area contributed by atoms with Gasteiger partial charge < -0.3 is 4.42 Å². The Balaban J connectivity index is 1.74. The molecule has 9 heteroatoms. The van der Waals surface area contributed by atoms with Gasteiger partial charge in [0.15, 0.2) is 16.8 Å². The fourth-order valence-electron chi connectivity index (χ4n) is 2.45. The summed E-state index contributed by atoms with van der Waals surface area (Å²) in [4.78, 5) is 9.02. The normalized spacial score (nSPS) is 11.2. The Morgan fingerprint density at radius 3 is 2.88 bits per heavy atom. The standard InChI is InChI=1S/C17H14FN5OS2/c1-2-12-14(18)16(20-10-19-12)26-17-22-21-15(13-6-4-8-25-13)23(17)9-11-5-3-7-24-11/h3-8,10H,2,9H2,1H3. The highest BCUT2D eigenvalue weighted by Crippen LogP contribution is 2.32. The van der Waals surface area contributed by atoms with E-state index in [-0.39, 0.29) is 5.03 Å². The van der Waals surface area contributed by atoms with Crippen molar-refractivity contribution in [3.63, 3.8) is 0 Å². The molecule has 0 radical (unpaired) electrons. The lowest BCUT2D eigenvalue weighted by atomic mass is 10.3. The van der Waals surface area contributed by atoms with E-state index in [1.165, 1.54) is 6.33 Å². The molecule has 0 amide bonds. The third kappa shape index (κ3) is 3.27. The van der Waals surface area contributed by atoms with Crippen molar-refractivity contribution >= 4 is 23.1 Å². The van der Waals surface area contributed by atoms with Crippen LogP contribution in [0.1, 0.15) is 18.4 Å². The quantitative estimate of drug-likeness (QED) is 0.460. The summed E-state index contributed by atoms with van der Waals surface area (Å²) in [5, 5.41) is 11.3. The van der Waals surface area contributed by atoms with Gasteiger partial charge in [0.05, 0.1) is 23.4 Å². The van der Waals surface area contributed by atoms with Crippen molar-refractivity contribution in [3.8, 4) is 10.7 Å². The highest BCUT2D eigenvalue weighted by molar-refractivity contribution is 7.99. The zero-order valence-corrected chi connectivity index (χ0v) is 15.4. The fourth-order valence-corrected chi connectivity index (χ4v) is 3.99. The highest BCUT2D eigenvalue weighted by Gasteiger charge is 2.20. The van der Waals surface area contributed by atoms with Crippen LogP contribution >= 0.6 is 23.1 Å². The van der Waals surface area contributed by atoms with Crippen LogP contribution in [0.5, 0.6) is 0 Å². The lowest BCUT2D eigenvalue weighted by molar-refractivity contribution is 0.485. The fraction of sp³-hybridized carbons (Fsp3) is 0.176. The van der Waals surface area contributed by atoms with Crippen molar-refractivity contribution in [1.29, 1.82) is 0 Å². The van der Waals surface area contributed by atoms with Gasteiger partial charge in [-0.15, -0.1) is 21.5 Å². The zero-order chi connectivity index (χ0) is 17.9. The number of hydrogen-bond acceptors (Lipinski definition) is 7. The average Bonchev–Trinajstić information content (AvgIpc) is 3.40. The first-order valence-corrected chi connectivity index (χ1v) is 9.62. The van der Waals surface area contributed by atoms with Gasteiger partial charge in [-0.1, -0.05) is 13.0 Å². The largest absolute Gasteiger partial charge is 0.467 e. The first kappa shape index (κ1) is 16.9. The van der Waals surface area contributed by atoms with Crippen molar-refractivity contribution in [1.82, 2.24) is 24.7 Å². The Morgan fingerprint density at radius 1 is 1.23 bits per heavy atom. The molecule has 6 nitrogen and oxygen atoms in total. The Morgan fingerprint density at radius 2 is 2.15 bits per heavy atom. The number of thiophene rings is 1. The number of hydrogen-bond donors (Lipinski definition) is 0. The molecule has 0 fully saturated rings. The molecule has 0 saturated carbocycles. The van der Waals surface area contributed by atoms with E-state index in [0.717, 1.165) is 22.4 Å². The molecule has 0 saturated heterocycles. The van der Waals surface area contributed by atoms with Crippen LogP contribution in [0.3, 0.4) is 0 Å². The second-order valence-corrected chi connectivity index (χ2v) is 7.25. The Labute approximate surface area is 157 Å².